The fraction of sp³-hybridized carbons (Fsp3) is 0.133. The van der Waals surface area contributed by atoms with Crippen LogP contribution in [0, 0.1) is 11.6 Å². The molecule has 0 fully saturated rings. The van der Waals surface area contributed by atoms with Crippen LogP contribution in [0.5, 0.6) is 0 Å². The maximum absolute atomic E-state index is 13.6. The first-order valence-electron chi connectivity index (χ1n) is 6.43. The van der Waals surface area contributed by atoms with Crippen LogP contribution < -0.4 is 11.2 Å². The van der Waals surface area contributed by atoms with Crippen molar-refractivity contribution in [1.82, 2.24) is 5.32 Å². The van der Waals surface area contributed by atoms with E-state index in [-0.39, 0.29) is 6.42 Å². The molecule has 2 rings (SSSR count). The molecule has 0 saturated heterocycles. The monoisotopic (exact) mass is 308 g/mol. The molecule has 0 spiro atoms. The van der Waals surface area contributed by atoms with Gasteiger partial charge in [0.2, 0.25) is 0 Å². The van der Waals surface area contributed by atoms with E-state index in [1.807, 2.05) is 6.07 Å². The Morgan fingerprint density at radius 1 is 1.09 bits per heavy atom. The molecule has 0 aliphatic rings. The number of nitrogens with one attached hydrogen (secondary N) is 1. The van der Waals surface area contributed by atoms with E-state index in [4.69, 9.17) is 10.8 Å². The van der Waals surface area contributed by atoms with Crippen LogP contribution in [0.15, 0.2) is 48.5 Å². The number of carbonyl (C=O) groups excluding carboxylic acids is 1. The van der Waals surface area contributed by atoms with Crippen molar-refractivity contribution in [3.8, 4) is 0 Å². The van der Waals surface area contributed by atoms with Gasteiger partial charge in [-0.25, -0.2) is 8.78 Å². The minimum Gasteiger partial charge on any atom is -0.323 e. The standard InChI is InChI=1S/C15H14F2N2O3/c16-11-7-4-8-12(17)14(11)15(20)19-13(21-22-18)9-10-5-2-1-3-6-10/h1-8,13H,9,18H2,(H,19,20)/t13-/m0/s1. The Morgan fingerprint density at radius 3 is 2.32 bits per heavy atom. The van der Waals surface area contributed by atoms with E-state index >= 15 is 0 Å². The van der Waals surface area contributed by atoms with E-state index in [2.05, 4.69) is 10.3 Å². The topological polar surface area (TPSA) is 73.6 Å². The van der Waals surface area contributed by atoms with Gasteiger partial charge in [-0.15, -0.1) is 4.99 Å². The Labute approximate surface area is 125 Å². The van der Waals surface area contributed by atoms with Crippen molar-refractivity contribution >= 4 is 5.91 Å². The fourth-order valence-corrected chi connectivity index (χ4v) is 1.94. The van der Waals surface area contributed by atoms with Crippen LogP contribution in [-0.4, -0.2) is 12.1 Å². The highest BCUT2D eigenvalue weighted by Gasteiger charge is 2.21. The lowest BCUT2D eigenvalue weighted by Crippen LogP contribution is -2.40. The Bertz CT molecular complexity index is 618. The molecule has 0 aromatic heterocycles. The molecule has 5 nitrogen and oxygen atoms in total. The van der Waals surface area contributed by atoms with Gasteiger partial charge in [-0.2, -0.15) is 10.8 Å². The molecule has 0 saturated carbocycles. The molecular weight excluding hydrogens is 294 g/mol. The van der Waals surface area contributed by atoms with Gasteiger partial charge >= 0.3 is 0 Å². The van der Waals surface area contributed by atoms with Crippen LogP contribution in [0.2, 0.25) is 0 Å². The van der Waals surface area contributed by atoms with Gasteiger partial charge in [0.15, 0.2) is 6.23 Å². The third-order valence-electron chi connectivity index (χ3n) is 2.92. The lowest BCUT2D eigenvalue weighted by atomic mass is 10.1. The summed E-state index contributed by atoms with van der Waals surface area (Å²) in [6.07, 6.45) is -0.793. The molecule has 1 amide bonds. The number of amides is 1. The second-order valence-electron chi connectivity index (χ2n) is 4.44. The Hall–Kier alpha value is -2.35. The Kier molecular flexibility index (Phi) is 5.54. The predicted molar refractivity (Wildman–Crippen MR) is 74.1 cm³/mol. The maximum atomic E-state index is 13.6. The van der Waals surface area contributed by atoms with Crippen LogP contribution in [-0.2, 0) is 16.3 Å². The highest BCUT2D eigenvalue weighted by Crippen LogP contribution is 2.13. The molecule has 116 valence electrons. The second-order valence-corrected chi connectivity index (χ2v) is 4.44. The number of carbonyl (C=O) groups is 1. The number of hydrogen-bond acceptors (Lipinski definition) is 4. The summed E-state index contributed by atoms with van der Waals surface area (Å²) in [6, 6.07) is 12.2. The van der Waals surface area contributed by atoms with Gasteiger partial charge in [-0.1, -0.05) is 36.4 Å². The van der Waals surface area contributed by atoms with Gasteiger partial charge in [0.05, 0.1) is 0 Å². The molecule has 7 heteroatoms. The largest absolute Gasteiger partial charge is 0.323 e. The van der Waals surface area contributed by atoms with E-state index in [1.165, 1.54) is 6.07 Å². The van der Waals surface area contributed by atoms with Crippen LogP contribution in [0.1, 0.15) is 15.9 Å². The molecular formula is C15H14F2N2O3. The Balaban J connectivity index is 2.12. The third kappa shape index (κ3) is 4.08. The highest BCUT2D eigenvalue weighted by molar-refractivity contribution is 5.94. The Morgan fingerprint density at radius 2 is 1.73 bits per heavy atom. The summed E-state index contributed by atoms with van der Waals surface area (Å²) in [4.78, 5) is 20.8. The van der Waals surface area contributed by atoms with Crippen LogP contribution >= 0.6 is 0 Å². The molecule has 0 aliphatic carbocycles. The number of benzene rings is 2. The molecule has 2 aromatic carbocycles. The van der Waals surface area contributed by atoms with Crippen LogP contribution in [0.25, 0.3) is 0 Å². The van der Waals surface area contributed by atoms with E-state index in [9.17, 15) is 13.6 Å². The predicted octanol–water partition coefficient (Wildman–Crippen LogP) is 2.09. The first kappa shape index (κ1) is 16.0. The van der Waals surface area contributed by atoms with E-state index in [0.717, 1.165) is 17.7 Å². The summed E-state index contributed by atoms with van der Waals surface area (Å²) >= 11 is 0. The minimum absolute atomic E-state index is 0.208. The summed E-state index contributed by atoms with van der Waals surface area (Å²) in [5.41, 5.74) is 0.125. The minimum atomic E-state index is -1.00. The molecule has 0 aliphatic heterocycles. The number of rotatable bonds is 6. The second kappa shape index (κ2) is 7.60. The summed E-state index contributed by atoms with van der Waals surface area (Å²) in [7, 11) is 0. The summed E-state index contributed by atoms with van der Waals surface area (Å²) in [5.74, 6) is 1.94. The van der Waals surface area contributed by atoms with Crippen molar-refractivity contribution in [3.63, 3.8) is 0 Å². The van der Waals surface area contributed by atoms with Crippen molar-refractivity contribution in [2.45, 2.75) is 12.6 Å². The van der Waals surface area contributed by atoms with Crippen LogP contribution in [0.4, 0.5) is 8.78 Å². The zero-order chi connectivity index (χ0) is 15.9. The van der Waals surface area contributed by atoms with E-state index < -0.39 is 29.3 Å². The number of hydrogen-bond donors (Lipinski definition) is 2. The average Bonchev–Trinajstić information content (AvgIpc) is 2.48. The molecule has 0 bridgehead atoms. The molecule has 3 N–H and O–H groups in total. The van der Waals surface area contributed by atoms with Gasteiger partial charge in [-0.05, 0) is 17.7 Å². The maximum Gasteiger partial charge on any atom is 0.259 e. The first-order valence-corrected chi connectivity index (χ1v) is 6.43. The molecule has 0 heterocycles. The lowest BCUT2D eigenvalue weighted by Gasteiger charge is -2.17. The highest BCUT2D eigenvalue weighted by atomic mass is 19.1. The molecule has 0 unspecified atom stereocenters. The third-order valence-corrected chi connectivity index (χ3v) is 2.92. The van der Waals surface area contributed by atoms with Gasteiger partial charge in [0.25, 0.3) is 5.91 Å². The average molecular weight is 308 g/mol. The number of nitrogens with two attached hydrogens (primary N) is 1. The van der Waals surface area contributed by atoms with Crippen LogP contribution in [0.3, 0.4) is 0 Å². The molecule has 22 heavy (non-hydrogen) atoms. The summed E-state index contributed by atoms with van der Waals surface area (Å²) in [5, 5.41) is 2.32. The molecule has 2 aromatic rings. The van der Waals surface area contributed by atoms with Crippen molar-refractivity contribution in [2.75, 3.05) is 0 Å². The van der Waals surface area contributed by atoms with Crippen molar-refractivity contribution in [3.05, 3.63) is 71.3 Å². The SMILES string of the molecule is NOO[C@@H](Cc1ccccc1)NC(=O)c1c(F)cccc1F. The molecule has 0 radical (unpaired) electrons. The van der Waals surface area contributed by atoms with Crippen molar-refractivity contribution < 1.29 is 23.5 Å². The summed E-state index contributed by atoms with van der Waals surface area (Å²) in [6.45, 7) is 0. The lowest BCUT2D eigenvalue weighted by molar-refractivity contribution is -0.332. The fourth-order valence-electron chi connectivity index (χ4n) is 1.94. The van der Waals surface area contributed by atoms with Gasteiger partial charge in [0.1, 0.15) is 17.2 Å². The first-order chi connectivity index (χ1) is 10.6. The zero-order valence-electron chi connectivity index (χ0n) is 11.5. The van der Waals surface area contributed by atoms with Gasteiger partial charge in [-0.3, -0.25) is 4.79 Å². The van der Waals surface area contributed by atoms with Gasteiger partial charge in [0, 0.05) is 6.42 Å². The summed E-state index contributed by atoms with van der Waals surface area (Å²) < 4.78 is 27.1. The van der Waals surface area contributed by atoms with Crippen molar-refractivity contribution in [1.29, 1.82) is 0 Å². The molecule has 1 atom stereocenters. The van der Waals surface area contributed by atoms with E-state index in [1.54, 1.807) is 24.3 Å². The quantitative estimate of drug-likeness (QED) is 0.487. The normalized spacial score (nSPS) is 12.0. The van der Waals surface area contributed by atoms with Crippen molar-refractivity contribution in [2.24, 2.45) is 5.90 Å². The zero-order valence-corrected chi connectivity index (χ0v) is 11.5. The van der Waals surface area contributed by atoms with E-state index in [0.29, 0.717) is 0 Å². The van der Waals surface area contributed by atoms with Gasteiger partial charge < -0.3 is 5.32 Å². The smallest absolute Gasteiger partial charge is 0.259 e. The number of halogens is 2.